The van der Waals surface area contributed by atoms with Gasteiger partial charge in [0, 0.05) is 6.42 Å². The lowest BCUT2D eigenvalue weighted by molar-refractivity contribution is -0.129. The van der Waals surface area contributed by atoms with Gasteiger partial charge in [-0.2, -0.15) is 0 Å². The van der Waals surface area contributed by atoms with Crippen molar-refractivity contribution >= 4 is 11.8 Å². The topological polar surface area (TPSA) is 81.4 Å². The van der Waals surface area contributed by atoms with Gasteiger partial charge in [0.25, 0.3) is 0 Å². The fourth-order valence-electron chi connectivity index (χ4n) is 3.14. The fraction of sp³-hybridized carbons (Fsp3) is 0.300. The van der Waals surface area contributed by atoms with Crippen LogP contribution in [0, 0.1) is 0 Å². The number of nitrogens with one attached hydrogen (secondary N) is 1. The molecule has 0 fully saturated rings. The highest BCUT2D eigenvalue weighted by Gasteiger charge is 2.25. The number of carbonyl (C=O) groups excluding carboxylic acids is 2. The molecule has 0 spiro atoms. The van der Waals surface area contributed by atoms with Gasteiger partial charge in [-0.3, -0.25) is 9.59 Å². The number of hydrogen-bond acceptors (Lipinski definition) is 3. The molecule has 1 heterocycles. The van der Waals surface area contributed by atoms with Crippen LogP contribution in [0.5, 0.6) is 0 Å². The zero-order valence-electron chi connectivity index (χ0n) is 14.0. The van der Waals surface area contributed by atoms with Gasteiger partial charge in [-0.25, -0.2) is 0 Å². The molecule has 2 aromatic carbocycles. The van der Waals surface area contributed by atoms with Gasteiger partial charge in [-0.15, -0.1) is 0 Å². The van der Waals surface area contributed by atoms with Crippen molar-refractivity contribution in [3.8, 4) is 0 Å². The van der Waals surface area contributed by atoms with E-state index in [0.29, 0.717) is 13.0 Å². The summed E-state index contributed by atoms with van der Waals surface area (Å²) in [5, 5.41) is 2.75. The van der Waals surface area contributed by atoms with Crippen LogP contribution in [0.4, 0.5) is 0 Å². The third-order valence-corrected chi connectivity index (χ3v) is 4.42. The van der Waals surface area contributed by atoms with Crippen LogP contribution >= 0.6 is 0 Å². The Morgan fingerprint density at radius 1 is 1.12 bits per heavy atom. The fourth-order valence-corrected chi connectivity index (χ4v) is 3.14. The second kappa shape index (κ2) is 7.94. The van der Waals surface area contributed by atoms with Crippen molar-refractivity contribution in [3.63, 3.8) is 0 Å². The van der Waals surface area contributed by atoms with Gasteiger partial charge in [0.1, 0.15) is 6.04 Å². The molecule has 0 unspecified atom stereocenters. The van der Waals surface area contributed by atoms with Crippen LogP contribution in [-0.4, -0.2) is 24.5 Å². The van der Waals surface area contributed by atoms with E-state index in [2.05, 4.69) is 11.4 Å². The highest BCUT2D eigenvalue weighted by molar-refractivity contribution is 5.87. The summed E-state index contributed by atoms with van der Waals surface area (Å²) in [5.74, 6) is -0.774. The maximum absolute atomic E-state index is 12.4. The van der Waals surface area contributed by atoms with Crippen molar-refractivity contribution in [2.45, 2.75) is 31.4 Å². The van der Waals surface area contributed by atoms with Crippen molar-refractivity contribution in [2.24, 2.45) is 5.73 Å². The molecular weight excluding hydrogens is 316 g/mol. The quantitative estimate of drug-likeness (QED) is 0.844. The van der Waals surface area contributed by atoms with Crippen LogP contribution in [0.15, 0.2) is 54.6 Å². The van der Waals surface area contributed by atoms with Gasteiger partial charge < -0.3 is 15.8 Å². The first-order valence-corrected chi connectivity index (χ1v) is 8.45. The molecule has 0 saturated carbocycles. The van der Waals surface area contributed by atoms with E-state index in [-0.39, 0.29) is 18.4 Å². The van der Waals surface area contributed by atoms with Crippen molar-refractivity contribution in [1.29, 1.82) is 0 Å². The van der Waals surface area contributed by atoms with Crippen LogP contribution in [0.1, 0.15) is 29.2 Å². The van der Waals surface area contributed by atoms with E-state index in [9.17, 15) is 9.59 Å². The van der Waals surface area contributed by atoms with E-state index in [1.54, 1.807) is 0 Å². The molecule has 2 aromatic rings. The van der Waals surface area contributed by atoms with Gasteiger partial charge in [-0.05, 0) is 23.1 Å². The molecule has 0 saturated heterocycles. The molecule has 25 heavy (non-hydrogen) atoms. The predicted molar refractivity (Wildman–Crippen MR) is 94.7 cm³/mol. The number of nitrogens with two attached hydrogens (primary N) is 1. The first-order chi connectivity index (χ1) is 12.1. The Labute approximate surface area is 147 Å². The average molecular weight is 338 g/mol. The number of hydrogen-bond donors (Lipinski definition) is 2. The van der Waals surface area contributed by atoms with Gasteiger partial charge in [-0.1, -0.05) is 54.6 Å². The standard InChI is InChI=1S/C20H22N2O3/c21-20(24)17(12-14-6-2-1-3-7-14)22-19(23)13-18-16-9-5-4-8-15(16)10-11-25-18/h1-9,17-18H,10-13H2,(H2,21,24)(H,22,23)/t17-,18-/m0/s1. The van der Waals surface area contributed by atoms with Crippen LogP contribution < -0.4 is 11.1 Å². The first-order valence-electron chi connectivity index (χ1n) is 8.45. The lowest BCUT2D eigenvalue weighted by atomic mass is 9.95. The minimum Gasteiger partial charge on any atom is -0.373 e. The largest absolute Gasteiger partial charge is 0.373 e. The van der Waals surface area contributed by atoms with E-state index in [0.717, 1.165) is 17.5 Å². The lowest BCUT2D eigenvalue weighted by Gasteiger charge is -2.26. The molecule has 1 aliphatic rings. The van der Waals surface area contributed by atoms with Crippen molar-refractivity contribution in [2.75, 3.05) is 6.61 Å². The second-order valence-electron chi connectivity index (χ2n) is 6.22. The van der Waals surface area contributed by atoms with Crippen LogP contribution in [-0.2, 0) is 27.2 Å². The van der Waals surface area contributed by atoms with Gasteiger partial charge in [0.05, 0.1) is 19.1 Å². The maximum Gasteiger partial charge on any atom is 0.240 e. The average Bonchev–Trinajstić information content (AvgIpc) is 2.62. The Balaban J connectivity index is 1.64. The van der Waals surface area contributed by atoms with Gasteiger partial charge in [0.2, 0.25) is 11.8 Å². The summed E-state index contributed by atoms with van der Waals surface area (Å²) in [4.78, 5) is 24.1. The smallest absolute Gasteiger partial charge is 0.240 e. The van der Waals surface area contributed by atoms with Gasteiger partial charge >= 0.3 is 0 Å². The molecule has 2 atom stereocenters. The Morgan fingerprint density at radius 3 is 2.60 bits per heavy atom. The maximum atomic E-state index is 12.4. The molecule has 5 nitrogen and oxygen atoms in total. The Bertz CT molecular complexity index is 746. The summed E-state index contributed by atoms with van der Waals surface area (Å²) in [6.07, 6.45) is 1.13. The van der Waals surface area contributed by atoms with E-state index in [1.807, 2.05) is 48.5 Å². The summed E-state index contributed by atoms with van der Waals surface area (Å²) in [6.45, 7) is 0.595. The molecule has 0 aliphatic carbocycles. The summed E-state index contributed by atoms with van der Waals surface area (Å²) >= 11 is 0. The number of carbonyl (C=O) groups is 2. The van der Waals surface area contributed by atoms with Crippen molar-refractivity contribution in [1.82, 2.24) is 5.32 Å². The summed E-state index contributed by atoms with van der Waals surface area (Å²) in [7, 11) is 0. The summed E-state index contributed by atoms with van der Waals surface area (Å²) in [5.41, 5.74) is 8.66. The molecule has 2 amide bonds. The lowest BCUT2D eigenvalue weighted by Crippen LogP contribution is -2.46. The third kappa shape index (κ3) is 4.45. The normalized spacial score (nSPS) is 17.4. The number of amides is 2. The van der Waals surface area contributed by atoms with Crippen LogP contribution in [0.3, 0.4) is 0 Å². The highest BCUT2D eigenvalue weighted by atomic mass is 16.5. The molecule has 1 aliphatic heterocycles. The van der Waals surface area contributed by atoms with E-state index >= 15 is 0 Å². The monoisotopic (exact) mass is 338 g/mol. The Morgan fingerprint density at radius 2 is 1.84 bits per heavy atom. The number of fused-ring (bicyclic) bond motifs is 1. The van der Waals surface area contributed by atoms with Crippen LogP contribution in [0.2, 0.25) is 0 Å². The zero-order valence-corrected chi connectivity index (χ0v) is 14.0. The molecular formula is C20H22N2O3. The van der Waals surface area contributed by atoms with Crippen molar-refractivity contribution in [3.05, 3.63) is 71.3 Å². The molecule has 5 heteroatoms. The van der Waals surface area contributed by atoms with E-state index < -0.39 is 11.9 Å². The minimum absolute atomic E-state index is 0.176. The Kier molecular flexibility index (Phi) is 5.46. The zero-order chi connectivity index (χ0) is 17.6. The Hall–Kier alpha value is -2.66. The van der Waals surface area contributed by atoms with E-state index in [4.69, 9.17) is 10.5 Å². The van der Waals surface area contributed by atoms with Crippen molar-refractivity contribution < 1.29 is 14.3 Å². The highest BCUT2D eigenvalue weighted by Crippen LogP contribution is 2.29. The molecule has 3 rings (SSSR count). The molecule has 0 aromatic heterocycles. The molecule has 130 valence electrons. The van der Waals surface area contributed by atoms with Crippen LogP contribution in [0.25, 0.3) is 0 Å². The first kappa shape index (κ1) is 17.2. The number of primary amides is 1. The predicted octanol–water partition coefficient (Wildman–Crippen LogP) is 1.90. The SMILES string of the molecule is NC(=O)[C@H](Cc1ccccc1)NC(=O)C[C@@H]1OCCc2ccccc21. The second-order valence-corrected chi connectivity index (χ2v) is 6.22. The van der Waals surface area contributed by atoms with Gasteiger partial charge in [0.15, 0.2) is 0 Å². The molecule has 0 radical (unpaired) electrons. The molecule has 3 N–H and O–H groups in total. The third-order valence-electron chi connectivity index (χ3n) is 4.42. The summed E-state index contributed by atoms with van der Waals surface area (Å²) < 4.78 is 5.76. The number of rotatable bonds is 6. The minimum atomic E-state index is -0.728. The number of ether oxygens (including phenoxy) is 1. The molecule has 0 bridgehead atoms. The van der Waals surface area contributed by atoms with E-state index in [1.165, 1.54) is 5.56 Å². The number of benzene rings is 2. The summed E-state index contributed by atoms with van der Waals surface area (Å²) in [6, 6.07) is 16.7.